The van der Waals surface area contributed by atoms with E-state index >= 15 is 0 Å². The maximum Gasteiger partial charge on any atom is 0.251 e. The normalized spacial score (nSPS) is 12.2. The van der Waals surface area contributed by atoms with Crippen molar-refractivity contribution in [2.45, 2.75) is 44.4 Å². The maximum atomic E-state index is 12.6. The Labute approximate surface area is 167 Å². The number of hydrogen-bond acceptors (Lipinski definition) is 4. The van der Waals surface area contributed by atoms with Crippen molar-refractivity contribution in [3.63, 3.8) is 0 Å². The third kappa shape index (κ3) is 4.75. The van der Waals surface area contributed by atoms with Crippen LogP contribution in [0.5, 0.6) is 0 Å². The minimum Gasteiger partial charge on any atom is -0.441 e. The van der Waals surface area contributed by atoms with Crippen molar-refractivity contribution < 1.29 is 13.4 Å². The van der Waals surface area contributed by atoms with Gasteiger partial charge in [0.15, 0.2) is 0 Å². The van der Waals surface area contributed by atoms with Crippen molar-refractivity contribution in [3.8, 4) is 11.5 Å². The second-order valence-electron chi connectivity index (χ2n) is 7.03. The van der Waals surface area contributed by atoms with Gasteiger partial charge < -0.3 is 9.73 Å². The van der Waals surface area contributed by atoms with Gasteiger partial charge in [0.25, 0.3) is 5.91 Å². The fraction of sp³-hybridized carbons (Fsp3) is 0.273. The number of nitrogens with zero attached hydrogens (tertiary/aromatic N) is 1. The van der Waals surface area contributed by atoms with E-state index in [1.54, 1.807) is 24.3 Å². The summed E-state index contributed by atoms with van der Waals surface area (Å²) >= 11 is 0. The van der Waals surface area contributed by atoms with Gasteiger partial charge in [-0.05, 0) is 64.1 Å². The summed E-state index contributed by atoms with van der Waals surface area (Å²) in [5, 5.41) is 2.86. The minimum absolute atomic E-state index is 0.0820. The van der Waals surface area contributed by atoms with Crippen LogP contribution in [0, 0.1) is 13.8 Å². The van der Waals surface area contributed by atoms with Gasteiger partial charge >= 0.3 is 0 Å². The van der Waals surface area contributed by atoms with Crippen LogP contribution in [0.4, 0.5) is 0 Å². The number of aryl methyl sites for hydroxylation is 2. The van der Waals surface area contributed by atoms with E-state index in [1.807, 2.05) is 52.0 Å². The van der Waals surface area contributed by atoms with Crippen LogP contribution in [0.1, 0.15) is 41.2 Å². The molecule has 0 fully saturated rings. The number of benzene rings is 2. The lowest BCUT2D eigenvalue weighted by molar-refractivity contribution is 0.0943. The number of nitrogens with one attached hydrogen (secondary N) is 1. The number of rotatable bonds is 6. The molecule has 1 heterocycles. The van der Waals surface area contributed by atoms with Crippen LogP contribution < -0.4 is 5.32 Å². The van der Waals surface area contributed by atoms with E-state index < -0.39 is 10.8 Å². The molecule has 0 aliphatic rings. The molecule has 0 radical (unpaired) electrons. The van der Waals surface area contributed by atoms with Crippen LogP contribution in [-0.4, -0.2) is 21.1 Å². The van der Waals surface area contributed by atoms with E-state index in [4.69, 9.17) is 4.42 Å². The van der Waals surface area contributed by atoms with Gasteiger partial charge in [0, 0.05) is 22.1 Å². The van der Waals surface area contributed by atoms with Crippen LogP contribution in [-0.2, 0) is 16.6 Å². The Hall–Kier alpha value is -2.73. The summed E-state index contributed by atoms with van der Waals surface area (Å²) in [6, 6.07) is 14.8. The van der Waals surface area contributed by atoms with Gasteiger partial charge in [-0.2, -0.15) is 0 Å². The van der Waals surface area contributed by atoms with Crippen LogP contribution in [0.2, 0.25) is 0 Å². The summed E-state index contributed by atoms with van der Waals surface area (Å²) in [6.45, 7) is 7.66. The van der Waals surface area contributed by atoms with Gasteiger partial charge in [0.2, 0.25) is 5.89 Å². The van der Waals surface area contributed by atoms with E-state index in [9.17, 15) is 9.00 Å². The molecule has 0 aliphatic heterocycles. The fourth-order valence-corrected chi connectivity index (χ4v) is 3.82. The van der Waals surface area contributed by atoms with Crippen molar-refractivity contribution in [1.82, 2.24) is 10.3 Å². The number of carbonyl (C=O) groups is 1. The number of oxazole rings is 1. The van der Waals surface area contributed by atoms with Gasteiger partial charge in [0.1, 0.15) is 5.76 Å². The zero-order valence-electron chi connectivity index (χ0n) is 16.5. The molecule has 0 bridgehead atoms. The highest BCUT2D eigenvalue weighted by Crippen LogP contribution is 2.24. The lowest BCUT2D eigenvalue weighted by Crippen LogP contribution is -2.29. The Morgan fingerprint density at radius 1 is 1.07 bits per heavy atom. The molecule has 1 aromatic heterocycles. The summed E-state index contributed by atoms with van der Waals surface area (Å²) in [7, 11) is -1.19. The molecule has 5 nitrogen and oxygen atoms in total. The van der Waals surface area contributed by atoms with E-state index in [1.165, 1.54) is 0 Å². The molecule has 0 aliphatic carbocycles. The average molecular weight is 397 g/mol. The average Bonchev–Trinajstić information content (AvgIpc) is 3.02. The zero-order valence-corrected chi connectivity index (χ0v) is 17.3. The Bertz CT molecular complexity index is 990. The lowest BCUT2D eigenvalue weighted by Gasteiger charge is -2.08. The molecule has 3 rings (SSSR count). The predicted octanol–water partition coefficient (Wildman–Crippen LogP) is 4.40. The molecule has 6 heteroatoms. The van der Waals surface area contributed by atoms with Crippen LogP contribution in [0.3, 0.4) is 0 Å². The minimum atomic E-state index is -1.19. The first-order valence-corrected chi connectivity index (χ1v) is 10.5. The van der Waals surface area contributed by atoms with Crippen molar-refractivity contribution in [1.29, 1.82) is 0 Å². The molecule has 0 spiro atoms. The highest BCUT2D eigenvalue weighted by Gasteiger charge is 2.16. The van der Waals surface area contributed by atoms with Crippen molar-refractivity contribution in [2.75, 3.05) is 0 Å². The molecule has 2 aromatic carbocycles. The zero-order chi connectivity index (χ0) is 20.3. The highest BCUT2D eigenvalue weighted by atomic mass is 32.2. The summed E-state index contributed by atoms with van der Waals surface area (Å²) in [4.78, 5) is 17.4. The second-order valence-corrected chi connectivity index (χ2v) is 8.48. The Morgan fingerprint density at radius 2 is 1.71 bits per heavy atom. The Kier molecular flexibility index (Phi) is 6.09. The van der Waals surface area contributed by atoms with Gasteiger partial charge in [-0.25, -0.2) is 4.98 Å². The van der Waals surface area contributed by atoms with Crippen molar-refractivity contribution in [2.24, 2.45) is 0 Å². The molecule has 1 amide bonds. The molecule has 146 valence electrons. The monoisotopic (exact) mass is 396 g/mol. The van der Waals surface area contributed by atoms with Crippen LogP contribution in [0.25, 0.3) is 11.5 Å². The topological polar surface area (TPSA) is 72.2 Å². The predicted molar refractivity (Wildman–Crippen MR) is 111 cm³/mol. The number of aromatic nitrogens is 1. The number of amides is 1. The van der Waals surface area contributed by atoms with Crippen molar-refractivity contribution >= 4 is 16.7 Å². The molecule has 1 N–H and O–H groups in total. The van der Waals surface area contributed by atoms with Crippen molar-refractivity contribution in [3.05, 3.63) is 71.1 Å². The van der Waals surface area contributed by atoms with Gasteiger partial charge in [-0.3, -0.25) is 9.00 Å². The van der Waals surface area contributed by atoms with Gasteiger partial charge in [0.05, 0.1) is 22.2 Å². The summed E-state index contributed by atoms with van der Waals surface area (Å²) in [6.07, 6.45) is 0. The first kappa shape index (κ1) is 20.0. The standard InChI is InChI=1S/C22H24N2O3S/c1-14(2)23-21(25)17-7-9-18(10-8-17)22-24-20(16(4)27-22)13-28(26)19-11-5-15(3)6-12-19/h5-12,14H,13H2,1-4H3,(H,23,25)/t28-/m1/s1. The van der Waals surface area contributed by atoms with Crippen LogP contribution >= 0.6 is 0 Å². The third-order valence-corrected chi connectivity index (χ3v) is 5.59. The molecule has 0 saturated heterocycles. The SMILES string of the molecule is Cc1ccc([S@](=O)Cc2nc(-c3ccc(C(=O)NC(C)C)cc3)oc2C)cc1. The highest BCUT2D eigenvalue weighted by molar-refractivity contribution is 7.84. The number of carbonyl (C=O) groups excluding carboxylic acids is 1. The molecule has 28 heavy (non-hydrogen) atoms. The fourth-order valence-electron chi connectivity index (χ4n) is 2.69. The maximum absolute atomic E-state index is 12.6. The third-order valence-electron chi connectivity index (χ3n) is 4.26. The Morgan fingerprint density at radius 3 is 2.32 bits per heavy atom. The van der Waals surface area contributed by atoms with E-state index in [0.29, 0.717) is 28.7 Å². The second kappa shape index (κ2) is 8.52. The summed E-state index contributed by atoms with van der Waals surface area (Å²) in [5.41, 5.74) is 3.17. The summed E-state index contributed by atoms with van der Waals surface area (Å²) in [5.74, 6) is 1.30. The largest absolute Gasteiger partial charge is 0.441 e. The number of hydrogen-bond donors (Lipinski definition) is 1. The molecule has 3 aromatic rings. The molecule has 0 saturated carbocycles. The lowest BCUT2D eigenvalue weighted by atomic mass is 10.1. The molecular weight excluding hydrogens is 372 g/mol. The van der Waals surface area contributed by atoms with Gasteiger partial charge in [-0.1, -0.05) is 17.7 Å². The van der Waals surface area contributed by atoms with E-state index in [-0.39, 0.29) is 11.9 Å². The first-order chi connectivity index (χ1) is 13.3. The van der Waals surface area contributed by atoms with E-state index in [2.05, 4.69) is 10.3 Å². The molecule has 1 atom stereocenters. The van der Waals surface area contributed by atoms with Gasteiger partial charge in [-0.15, -0.1) is 0 Å². The smallest absolute Gasteiger partial charge is 0.251 e. The van der Waals surface area contributed by atoms with E-state index in [0.717, 1.165) is 16.0 Å². The van der Waals surface area contributed by atoms with Crippen LogP contribution in [0.15, 0.2) is 57.8 Å². The molecular formula is C22H24N2O3S. The Balaban J connectivity index is 1.75. The summed E-state index contributed by atoms with van der Waals surface area (Å²) < 4.78 is 18.4. The first-order valence-electron chi connectivity index (χ1n) is 9.16. The quantitative estimate of drug-likeness (QED) is 0.670. The molecule has 0 unspecified atom stereocenters.